The molecule has 0 aliphatic rings. The molecule has 2 aromatic carbocycles. The highest BCUT2D eigenvalue weighted by molar-refractivity contribution is 14.0. The lowest BCUT2D eigenvalue weighted by Gasteiger charge is -2.15. The predicted molar refractivity (Wildman–Crippen MR) is 137 cm³/mol. The molecule has 0 saturated heterocycles. The summed E-state index contributed by atoms with van der Waals surface area (Å²) in [6.07, 6.45) is 6.60. The first-order valence-electron chi connectivity index (χ1n) is 10.4. The zero-order valence-corrected chi connectivity index (χ0v) is 20.8. The van der Waals surface area contributed by atoms with Crippen molar-refractivity contribution in [3.63, 3.8) is 0 Å². The number of imidazole rings is 1. The summed E-state index contributed by atoms with van der Waals surface area (Å²) in [6, 6.07) is 14.9. The third kappa shape index (κ3) is 7.90. The Balaban J connectivity index is 0.00000341. The second-order valence-electron chi connectivity index (χ2n) is 7.29. The van der Waals surface area contributed by atoms with Crippen LogP contribution in [0.25, 0.3) is 0 Å². The Hall–Kier alpha value is -2.55. The maximum atomic E-state index is 5.91. The van der Waals surface area contributed by atoms with Crippen LogP contribution in [0.4, 0.5) is 0 Å². The standard InChI is InChI=1S/C24H31N5O.HI/c1-4-12-30-23-13-19(2)8-9-22(23)16-28-24(25-3)27-15-20-6-5-7-21(14-20)17-29-11-10-26-18-29;/h5-11,13-14,18H,4,12,15-17H2,1-3H3,(H2,25,27,28);1H. The van der Waals surface area contributed by atoms with Gasteiger partial charge in [0.05, 0.1) is 12.9 Å². The molecular weight excluding hydrogens is 501 g/mol. The molecule has 2 N–H and O–H groups in total. The van der Waals surface area contributed by atoms with E-state index in [1.807, 2.05) is 12.5 Å². The van der Waals surface area contributed by atoms with Crippen molar-refractivity contribution in [3.05, 3.63) is 83.4 Å². The first-order valence-corrected chi connectivity index (χ1v) is 10.4. The average molecular weight is 533 g/mol. The van der Waals surface area contributed by atoms with Crippen LogP contribution in [0.3, 0.4) is 0 Å². The summed E-state index contributed by atoms with van der Waals surface area (Å²) in [7, 11) is 1.79. The van der Waals surface area contributed by atoms with E-state index in [2.05, 4.69) is 81.5 Å². The Bertz CT molecular complexity index is 956. The van der Waals surface area contributed by atoms with E-state index in [9.17, 15) is 0 Å². The van der Waals surface area contributed by atoms with Crippen molar-refractivity contribution < 1.29 is 4.74 Å². The average Bonchev–Trinajstić information content (AvgIpc) is 3.26. The molecule has 0 aliphatic carbocycles. The smallest absolute Gasteiger partial charge is 0.191 e. The number of halogens is 1. The Morgan fingerprint density at radius 3 is 2.65 bits per heavy atom. The minimum absolute atomic E-state index is 0. The fraction of sp³-hybridized carbons (Fsp3) is 0.333. The van der Waals surface area contributed by atoms with E-state index in [4.69, 9.17) is 4.74 Å². The van der Waals surface area contributed by atoms with Crippen molar-refractivity contribution in [1.82, 2.24) is 20.2 Å². The summed E-state index contributed by atoms with van der Waals surface area (Å²) in [5.74, 6) is 1.70. The van der Waals surface area contributed by atoms with Gasteiger partial charge in [0.2, 0.25) is 0 Å². The van der Waals surface area contributed by atoms with E-state index in [1.165, 1.54) is 16.7 Å². The molecule has 1 aromatic heterocycles. The molecule has 3 aromatic rings. The SMILES string of the molecule is CCCOc1cc(C)ccc1CNC(=NC)NCc1cccc(Cn2ccnc2)c1.I. The third-order valence-electron chi connectivity index (χ3n) is 4.73. The maximum Gasteiger partial charge on any atom is 0.191 e. The summed E-state index contributed by atoms with van der Waals surface area (Å²) in [4.78, 5) is 8.45. The maximum absolute atomic E-state index is 5.91. The fourth-order valence-corrected chi connectivity index (χ4v) is 3.17. The highest BCUT2D eigenvalue weighted by Gasteiger charge is 2.06. The molecular formula is C24H32IN5O. The predicted octanol–water partition coefficient (Wildman–Crippen LogP) is 4.51. The molecule has 0 amide bonds. The second kappa shape index (κ2) is 13.0. The number of aromatic nitrogens is 2. The number of rotatable bonds is 9. The quantitative estimate of drug-likeness (QED) is 0.242. The van der Waals surface area contributed by atoms with Crippen molar-refractivity contribution in [3.8, 4) is 5.75 Å². The molecule has 0 saturated carbocycles. The van der Waals surface area contributed by atoms with Crippen molar-refractivity contribution in [2.75, 3.05) is 13.7 Å². The van der Waals surface area contributed by atoms with Gasteiger partial charge < -0.3 is 19.9 Å². The van der Waals surface area contributed by atoms with Crippen LogP contribution >= 0.6 is 24.0 Å². The molecule has 31 heavy (non-hydrogen) atoms. The van der Waals surface area contributed by atoms with Crippen molar-refractivity contribution >= 4 is 29.9 Å². The van der Waals surface area contributed by atoms with E-state index < -0.39 is 0 Å². The zero-order valence-electron chi connectivity index (χ0n) is 18.5. The molecule has 0 bridgehead atoms. The number of benzene rings is 2. The van der Waals surface area contributed by atoms with Gasteiger partial charge in [-0.3, -0.25) is 4.99 Å². The number of nitrogens with zero attached hydrogens (tertiary/aromatic N) is 3. The van der Waals surface area contributed by atoms with Gasteiger partial charge >= 0.3 is 0 Å². The van der Waals surface area contributed by atoms with E-state index in [1.54, 1.807) is 13.2 Å². The molecule has 3 rings (SSSR count). The molecule has 0 radical (unpaired) electrons. The van der Waals surface area contributed by atoms with Crippen LogP contribution in [-0.4, -0.2) is 29.2 Å². The lowest BCUT2D eigenvalue weighted by atomic mass is 10.1. The van der Waals surface area contributed by atoms with Gasteiger partial charge in [0.25, 0.3) is 0 Å². The van der Waals surface area contributed by atoms with Gasteiger partial charge in [-0.2, -0.15) is 0 Å². The number of ether oxygens (including phenoxy) is 1. The number of nitrogens with one attached hydrogen (secondary N) is 2. The summed E-state index contributed by atoms with van der Waals surface area (Å²) in [5.41, 5.74) is 4.77. The highest BCUT2D eigenvalue weighted by Crippen LogP contribution is 2.20. The monoisotopic (exact) mass is 533 g/mol. The summed E-state index contributed by atoms with van der Waals surface area (Å²) < 4.78 is 7.97. The number of hydrogen-bond acceptors (Lipinski definition) is 3. The number of guanidine groups is 1. The van der Waals surface area contributed by atoms with E-state index >= 15 is 0 Å². The van der Waals surface area contributed by atoms with Gasteiger partial charge in [-0.15, -0.1) is 24.0 Å². The number of aryl methyl sites for hydroxylation is 1. The minimum atomic E-state index is 0. The number of hydrogen-bond donors (Lipinski definition) is 2. The van der Waals surface area contributed by atoms with Crippen molar-refractivity contribution in [2.45, 2.75) is 39.9 Å². The lowest BCUT2D eigenvalue weighted by Crippen LogP contribution is -2.36. The Morgan fingerprint density at radius 1 is 1.10 bits per heavy atom. The van der Waals surface area contributed by atoms with Gasteiger partial charge in [-0.05, 0) is 36.1 Å². The molecule has 0 fully saturated rings. The van der Waals surface area contributed by atoms with Crippen molar-refractivity contribution in [2.24, 2.45) is 4.99 Å². The largest absolute Gasteiger partial charge is 0.493 e. The molecule has 6 nitrogen and oxygen atoms in total. The van der Waals surface area contributed by atoms with Crippen LogP contribution in [-0.2, 0) is 19.6 Å². The zero-order chi connectivity index (χ0) is 21.2. The van der Waals surface area contributed by atoms with Crippen LogP contribution in [0.5, 0.6) is 5.75 Å². The normalized spacial score (nSPS) is 11.0. The fourth-order valence-electron chi connectivity index (χ4n) is 3.17. The van der Waals surface area contributed by atoms with E-state index in [0.717, 1.165) is 36.8 Å². The molecule has 0 spiro atoms. The van der Waals surface area contributed by atoms with Crippen LogP contribution < -0.4 is 15.4 Å². The Labute approximate surface area is 202 Å². The summed E-state index contributed by atoms with van der Waals surface area (Å²) >= 11 is 0. The number of aliphatic imine (C=N–C) groups is 1. The van der Waals surface area contributed by atoms with Crippen LogP contribution in [0.15, 0.2) is 66.2 Å². The van der Waals surface area contributed by atoms with Gasteiger partial charge in [-0.1, -0.05) is 43.3 Å². The van der Waals surface area contributed by atoms with Gasteiger partial charge in [0, 0.05) is 44.6 Å². The van der Waals surface area contributed by atoms with Crippen LogP contribution in [0.1, 0.15) is 35.6 Å². The van der Waals surface area contributed by atoms with Gasteiger partial charge in [0.1, 0.15) is 5.75 Å². The summed E-state index contributed by atoms with van der Waals surface area (Å²) in [5, 5.41) is 6.78. The van der Waals surface area contributed by atoms with Crippen molar-refractivity contribution in [1.29, 1.82) is 0 Å². The van der Waals surface area contributed by atoms with E-state index in [-0.39, 0.29) is 24.0 Å². The second-order valence-corrected chi connectivity index (χ2v) is 7.29. The minimum Gasteiger partial charge on any atom is -0.493 e. The lowest BCUT2D eigenvalue weighted by molar-refractivity contribution is 0.313. The van der Waals surface area contributed by atoms with Gasteiger partial charge in [0.15, 0.2) is 5.96 Å². The Kier molecular flexibility index (Phi) is 10.4. The topological polar surface area (TPSA) is 63.5 Å². The molecule has 1 heterocycles. The first kappa shape index (κ1) is 24.7. The van der Waals surface area contributed by atoms with Gasteiger partial charge in [-0.25, -0.2) is 4.98 Å². The molecule has 0 aliphatic heterocycles. The highest BCUT2D eigenvalue weighted by atomic mass is 127. The molecule has 0 atom stereocenters. The third-order valence-corrected chi connectivity index (χ3v) is 4.73. The first-order chi connectivity index (χ1) is 14.7. The van der Waals surface area contributed by atoms with Crippen LogP contribution in [0, 0.1) is 6.92 Å². The van der Waals surface area contributed by atoms with E-state index in [0.29, 0.717) is 13.1 Å². The Morgan fingerprint density at radius 2 is 1.90 bits per heavy atom. The molecule has 0 unspecified atom stereocenters. The molecule has 7 heteroatoms. The molecule has 166 valence electrons. The van der Waals surface area contributed by atoms with Crippen LogP contribution in [0.2, 0.25) is 0 Å². The summed E-state index contributed by atoms with van der Waals surface area (Å²) in [6.45, 7) is 7.08.